The predicted octanol–water partition coefficient (Wildman–Crippen LogP) is 4.60. The highest BCUT2D eigenvalue weighted by Gasteiger charge is 2.34. The van der Waals surface area contributed by atoms with Crippen molar-refractivity contribution in [3.63, 3.8) is 0 Å². The Morgan fingerprint density at radius 3 is 2.31 bits per heavy atom. The minimum absolute atomic E-state index is 0.00149. The Kier molecular flexibility index (Phi) is 5.49. The van der Waals surface area contributed by atoms with Crippen molar-refractivity contribution in [1.82, 2.24) is 9.97 Å². The second kappa shape index (κ2) is 7.86. The number of carbonyl (C=O) groups is 1. The van der Waals surface area contributed by atoms with Crippen LogP contribution in [-0.4, -0.2) is 37.6 Å². The second-order valence-electron chi connectivity index (χ2n) is 5.92. The molecule has 0 aliphatic heterocycles. The third kappa shape index (κ3) is 3.63. The van der Waals surface area contributed by atoms with Crippen molar-refractivity contribution in [2.45, 2.75) is 6.18 Å². The van der Waals surface area contributed by atoms with Gasteiger partial charge >= 0.3 is 6.18 Å². The molecular weight excluding hydrogens is 389 g/mol. The van der Waals surface area contributed by atoms with Gasteiger partial charge in [-0.2, -0.15) is 13.2 Å². The fraction of sp³-hybridized carbons (Fsp3) is 0.200. The number of benzene rings is 2. The van der Waals surface area contributed by atoms with Crippen LogP contribution >= 0.6 is 0 Å². The lowest BCUT2D eigenvalue weighted by atomic mass is 10.0. The fourth-order valence-corrected chi connectivity index (χ4v) is 3.07. The van der Waals surface area contributed by atoms with Crippen LogP contribution in [0.4, 0.5) is 13.2 Å². The summed E-state index contributed by atoms with van der Waals surface area (Å²) in [4.78, 5) is 18.6. The van der Waals surface area contributed by atoms with Crippen molar-refractivity contribution >= 4 is 6.29 Å². The Hall–Kier alpha value is -3.49. The van der Waals surface area contributed by atoms with E-state index < -0.39 is 11.7 Å². The van der Waals surface area contributed by atoms with E-state index in [1.54, 1.807) is 0 Å². The van der Waals surface area contributed by atoms with Gasteiger partial charge in [0.25, 0.3) is 0 Å². The van der Waals surface area contributed by atoms with E-state index in [1.165, 1.54) is 51.8 Å². The average Bonchev–Trinajstić information content (AvgIpc) is 3.20. The van der Waals surface area contributed by atoms with Gasteiger partial charge in [-0.15, -0.1) is 0 Å². The van der Waals surface area contributed by atoms with Gasteiger partial charge in [-0.25, -0.2) is 4.98 Å². The maximum absolute atomic E-state index is 13.3. The minimum atomic E-state index is -4.54. The number of nitrogens with zero attached hydrogens (tertiary/aromatic N) is 1. The number of aromatic nitrogens is 2. The Labute approximate surface area is 164 Å². The number of imidazole rings is 1. The molecule has 0 aliphatic carbocycles. The van der Waals surface area contributed by atoms with E-state index in [2.05, 4.69) is 9.97 Å². The zero-order valence-corrected chi connectivity index (χ0v) is 15.8. The van der Waals surface area contributed by atoms with Crippen LogP contribution in [0, 0.1) is 0 Å². The first kappa shape index (κ1) is 20.2. The Balaban J connectivity index is 2.21. The number of aromatic amines is 1. The molecule has 0 amide bonds. The summed E-state index contributed by atoms with van der Waals surface area (Å²) in [6.45, 7) is 0. The first-order chi connectivity index (χ1) is 13.8. The summed E-state index contributed by atoms with van der Waals surface area (Å²) in [6, 6.07) is 6.54. The minimum Gasteiger partial charge on any atom is -0.493 e. The van der Waals surface area contributed by atoms with Crippen LogP contribution in [0.15, 0.2) is 36.5 Å². The molecular formula is C20H17F3N2O4. The number of carbonyl (C=O) groups excluding carboxylic acids is 1. The lowest BCUT2D eigenvalue weighted by molar-refractivity contribution is -0.137. The van der Waals surface area contributed by atoms with E-state index in [0.717, 1.165) is 6.07 Å². The molecule has 0 radical (unpaired) electrons. The zero-order chi connectivity index (χ0) is 21.2. The zero-order valence-electron chi connectivity index (χ0n) is 15.8. The molecule has 152 valence electrons. The number of hydrogen-bond donors (Lipinski definition) is 1. The number of hydrogen-bond acceptors (Lipinski definition) is 5. The molecule has 1 heterocycles. The average molecular weight is 406 g/mol. The summed E-state index contributed by atoms with van der Waals surface area (Å²) in [6.07, 6.45) is -2.62. The highest BCUT2D eigenvalue weighted by Crippen LogP contribution is 2.46. The molecule has 1 aromatic heterocycles. The van der Waals surface area contributed by atoms with Crippen molar-refractivity contribution < 1.29 is 32.2 Å². The summed E-state index contributed by atoms with van der Waals surface area (Å²) in [5.41, 5.74) is -0.159. The number of aldehydes is 1. The number of ether oxygens (including phenoxy) is 3. The molecule has 0 saturated carbocycles. The Morgan fingerprint density at radius 1 is 1.03 bits per heavy atom. The van der Waals surface area contributed by atoms with Crippen LogP contribution < -0.4 is 14.2 Å². The third-order valence-electron chi connectivity index (χ3n) is 4.32. The molecule has 2 aromatic carbocycles. The van der Waals surface area contributed by atoms with Crippen molar-refractivity contribution in [2.24, 2.45) is 0 Å². The summed E-state index contributed by atoms with van der Waals surface area (Å²) < 4.78 is 56.0. The van der Waals surface area contributed by atoms with E-state index in [4.69, 9.17) is 14.2 Å². The number of alkyl halides is 3. The number of nitrogens with one attached hydrogen (secondary N) is 1. The predicted molar refractivity (Wildman–Crippen MR) is 99.5 cm³/mol. The van der Waals surface area contributed by atoms with E-state index in [1.807, 2.05) is 0 Å². The summed E-state index contributed by atoms with van der Waals surface area (Å²) in [7, 11) is 4.20. The summed E-state index contributed by atoms with van der Waals surface area (Å²) in [5.74, 6) is 0.703. The molecule has 9 heteroatoms. The van der Waals surface area contributed by atoms with Gasteiger partial charge in [0.2, 0.25) is 5.75 Å². The molecule has 0 fully saturated rings. The molecule has 6 nitrogen and oxygen atoms in total. The molecule has 29 heavy (non-hydrogen) atoms. The van der Waals surface area contributed by atoms with Crippen molar-refractivity contribution in [3.8, 4) is 39.9 Å². The maximum Gasteiger partial charge on any atom is 0.417 e. The number of halogens is 3. The lowest BCUT2D eigenvalue weighted by Gasteiger charge is -2.17. The van der Waals surface area contributed by atoms with Crippen molar-refractivity contribution in [2.75, 3.05) is 21.3 Å². The van der Waals surface area contributed by atoms with Crippen LogP contribution in [0.5, 0.6) is 17.2 Å². The van der Waals surface area contributed by atoms with Crippen LogP contribution in [0.1, 0.15) is 15.9 Å². The maximum atomic E-state index is 13.3. The summed E-state index contributed by atoms with van der Waals surface area (Å²) >= 11 is 0. The van der Waals surface area contributed by atoms with Gasteiger partial charge < -0.3 is 19.2 Å². The largest absolute Gasteiger partial charge is 0.493 e. The van der Waals surface area contributed by atoms with Crippen LogP contribution in [-0.2, 0) is 6.18 Å². The van der Waals surface area contributed by atoms with Crippen molar-refractivity contribution in [3.05, 3.63) is 47.7 Å². The molecule has 0 aliphatic rings. The van der Waals surface area contributed by atoms with Gasteiger partial charge in [-0.05, 0) is 12.1 Å². The molecule has 0 atom stereocenters. The highest BCUT2D eigenvalue weighted by molar-refractivity contribution is 5.93. The molecule has 0 spiro atoms. The molecule has 0 bridgehead atoms. The SMILES string of the molecule is COc1cc(C=O)c(-c2cnc(-c3ccccc3C(F)(F)F)[nH]2)c(OC)c1OC. The van der Waals surface area contributed by atoms with E-state index in [-0.39, 0.29) is 39.9 Å². The van der Waals surface area contributed by atoms with Gasteiger partial charge in [-0.3, -0.25) is 4.79 Å². The summed E-state index contributed by atoms with van der Waals surface area (Å²) in [5, 5.41) is 0. The highest BCUT2D eigenvalue weighted by atomic mass is 19.4. The molecule has 1 N–H and O–H groups in total. The van der Waals surface area contributed by atoms with E-state index in [9.17, 15) is 18.0 Å². The van der Waals surface area contributed by atoms with E-state index >= 15 is 0 Å². The smallest absolute Gasteiger partial charge is 0.417 e. The molecule has 0 unspecified atom stereocenters. The molecule has 3 rings (SSSR count). The molecule has 0 saturated heterocycles. The topological polar surface area (TPSA) is 73.4 Å². The number of rotatable bonds is 6. The fourth-order valence-electron chi connectivity index (χ4n) is 3.07. The number of methoxy groups -OCH3 is 3. The van der Waals surface area contributed by atoms with Gasteiger partial charge in [0.1, 0.15) is 5.82 Å². The van der Waals surface area contributed by atoms with Gasteiger partial charge in [0, 0.05) is 11.1 Å². The quantitative estimate of drug-likeness (QED) is 0.606. The number of H-pyrrole nitrogens is 1. The van der Waals surface area contributed by atoms with Crippen LogP contribution in [0.2, 0.25) is 0 Å². The Morgan fingerprint density at radius 2 is 1.72 bits per heavy atom. The van der Waals surface area contributed by atoms with Gasteiger partial charge in [0.15, 0.2) is 17.8 Å². The van der Waals surface area contributed by atoms with E-state index in [0.29, 0.717) is 11.8 Å². The van der Waals surface area contributed by atoms with Gasteiger partial charge in [-0.1, -0.05) is 18.2 Å². The van der Waals surface area contributed by atoms with Crippen molar-refractivity contribution in [1.29, 1.82) is 0 Å². The first-order valence-corrected chi connectivity index (χ1v) is 8.35. The second-order valence-corrected chi connectivity index (χ2v) is 5.92. The third-order valence-corrected chi connectivity index (χ3v) is 4.32. The molecule has 3 aromatic rings. The normalized spacial score (nSPS) is 11.2. The van der Waals surface area contributed by atoms with Crippen LogP contribution in [0.3, 0.4) is 0 Å². The standard InChI is InChI=1S/C20H17F3N2O4/c1-27-15-8-11(10-26)16(18(29-3)17(15)28-2)14-9-24-19(25-14)12-6-4-5-7-13(12)20(21,22)23/h4-10H,1-3H3,(H,24,25). The lowest BCUT2D eigenvalue weighted by Crippen LogP contribution is -2.07. The Bertz CT molecular complexity index is 1040. The monoisotopic (exact) mass is 406 g/mol. The van der Waals surface area contributed by atoms with Crippen LogP contribution in [0.25, 0.3) is 22.6 Å². The van der Waals surface area contributed by atoms with Gasteiger partial charge in [0.05, 0.1) is 44.3 Å². The first-order valence-electron chi connectivity index (χ1n) is 8.35.